The van der Waals surface area contributed by atoms with E-state index in [-0.39, 0.29) is 12.1 Å². The zero-order valence-corrected chi connectivity index (χ0v) is 13.5. The van der Waals surface area contributed by atoms with Crippen LogP contribution in [0.4, 0.5) is 0 Å². The van der Waals surface area contributed by atoms with Crippen LogP contribution in [0, 0.1) is 0 Å². The minimum atomic E-state index is -0.493. The molecule has 0 fully saturated rings. The second kappa shape index (κ2) is 6.23. The number of aliphatic hydroxyl groups is 1. The van der Waals surface area contributed by atoms with E-state index >= 15 is 0 Å². The van der Waals surface area contributed by atoms with Crippen LogP contribution in [-0.4, -0.2) is 16.1 Å². The van der Waals surface area contributed by atoms with E-state index in [0.29, 0.717) is 5.89 Å². The van der Waals surface area contributed by atoms with E-state index in [9.17, 15) is 5.11 Å². The second-order valence-electron chi connectivity index (χ2n) is 6.27. The number of hydrogen-bond donors (Lipinski definition) is 2. The van der Waals surface area contributed by atoms with Gasteiger partial charge < -0.3 is 14.8 Å². The Morgan fingerprint density at radius 3 is 2.67 bits per heavy atom. The van der Waals surface area contributed by atoms with Crippen molar-refractivity contribution in [2.24, 2.45) is 0 Å². The fraction of sp³-hybridized carbons (Fsp3) is 0.250. The molecule has 1 aliphatic rings. The van der Waals surface area contributed by atoms with E-state index in [1.165, 1.54) is 5.56 Å². The maximum Gasteiger partial charge on any atom is 0.211 e. The van der Waals surface area contributed by atoms with Crippen molar-refractivity contribution in [1.82, 2.24) is 10.3 Å². The van der Waals surface area contributed by atoms with E-state index in [1.54, 1.807) is 6.20 Å². The Hall–Kier alpha value is -2.43. The molecule has 2 N–H and O–H groups in total. The third-order valence-corrected chi connectivity index (χ3v) is 4.61. The molecule has 122 valence electrons. The average Bonchev–Trinajstić information content (AvgIpc) is 3.22. The van der Waals surface area contributed by atoms with Crippen LogP contribution in [0.2, 0.25) is 0 Å². The first-order valence-electron chi connectivity index (χ1n) is 8.25. The molecule has 3 atom stereocenters. The molecule has 1 heterocycles. The van der Waals surface area contributed by atoms with Crippen LogP contribution < -0.4 is 5.32 Å². The van der Waals surface area contributed by atoms with Gasteiger partial charge in [-0.2, -0.15) is 0 Å². The SMILES string of the molecule is C[C@H](N[C@@H]1Cc2ccccc2[C@H]1O)c1ncc(-c2ccccc2)o1. The van der Waals surface area contributed by atoms with Crippen molar-refractivity contribution < 1.29 is 9.52 Å². The Bertz CT molecular complexity index is 828. The Labute approximate surface area is 141 Å². The predicted molar refractivity (Wildman–Crippen MR) is 92.4 cm³/mol. The summed E-state index contributed by atoms with van der Waals surface area (Å²) in [6.07, 6.45) is 2.07. The Kier molecular flexibility index (Phi) is 3.92. The third kappa shape index (κ3) is 2.75. The monoisotopic (exact) mass is 320 g/mol. The number of nitrogens with one attached hydrogen (secondary N) is 1. The van der Waals surface area contributed by atoms with Crippen molar-refractivity contribution in [2.45, 2.75) is 31.5 Å². The van der Waals surface area contributed by atoms with Gasteiger partial charge in [0.05, 0.1) is 18.3 Å². The van der Waals surface area contributed by atoms with Crippen LogP contribution in [0.1, 0.15) is 36.1 Å². The van der Waals surface area contributed by atoms with E-state index in [4.69, 9.17) is 4.42 Å². The highest BCUT2D eigenvalue weighted by Crippen LogP contribution is 2.32. The summed E-state index contributed by atoms with van der Waals surface area (Å²) in [6.45, 7) is 2.01. The molecule has 3 aromatic rings. The summed E-state index contributed by atoms with van der Waals surface area (Å²) in [5.41, 5.74) is 3.23. The maximum absolute atomic E-state index is 10.5. The molecule has 0 radical (unpaired) electrons. The van der Waals surface area contributed by atoms with Crippen molar-refractivity contribution in [3.63, 3.8) is 0 Å². The van der Waals surface area contributed by atoms with Gasteiger partial charge in [-0.3, -0.25) is 0 Å². The normalized spacial score (nSPS) is 20.8. The van der Waals surface area contributed by atoms with Gasteiger partial charge in [-0.15, -0.1) is 0 Å². The highest BCUT2D eigenvalue weighted by molar-refractivity contribution is 5.55. The number of oxazole rings is 1. The molecule has 0 amide bonds. The lowest BCUT2D eigenvalue weighted by atomic mass is 10.1. The minimum Gasteiger partial charge on any atom is -0.439 e. The number of fused-ring (bicyclic) bond motifs is 1. The van der Waals surface area contributed by atoms with E-state index in [2.05, 4.69) is 16.4 Å². The molecule has 0 bridgehead atoms. The van der Waals surface area contributed by atoms with E-state index in [0.717, 1.165) is 23.3 Å². The lowest BCUT2D eigenvalue weighted by Gasteiger charge is -2.20. The van der Waals surface area contributed by atoms with Crippen molar-refractivity contribution in [3.05, 3.63) is 77.8 Å². The zero-order chi connectivity index (χ0) is 16.5. The summed E-state index contributed by atoms with van der Waals surface area (Å²) in [4.78, 5) is 4.40. The topological polar surface area (TPSA) is 58.3 Å². The molecule has 1 aromatic heterocycles. The zero-order valence-electron chi connectivity index (χ0n) is 13.5. The van der Waals surface area contributed by atoms with Crippen LogP contribution >= 0.6 is 0 Å². The van der Waals surface area contributed by atoms with E-state index in [1.807, 2.05) is 55.5 Å². The summed E-state index contributed by atoms with van der Waals surface area (Å²) < 4.78 is 5.90. The molecular weight excluding hydrogens is 300 g/mol. The molecule has 0 saturated carbocycles. The Morgan fingerprint density at radius 1 is 1.12 bits per heavy atom. The van der Waals surface area contributed by atoms with Gasteiger partial charge in [0.25, 0.3) is 0 Å². The molecule has 4 nitrogen and oxygen atoms in total. The van der Waals surface area contributed by atoms with Gasteiger partial charge in [0.15, 0.2) is 5.76 Å². The molecule has 0 aliphatic heterocycles. The van der Waals surface area contributed by atoms with Crippen LogP contribution in [-0.2, 0) is 6.42 Å². The van der Waals surface area contributed by atoms with Gasteiger partial charge in [0.2, 0.25) is 5.89 Å². The largest absolute Gasteiger partial charge is 0.439 e. The average molecular weight is 320 g/mol. The summed E-state index contributed by atoms with van der Waals surface area (Å²) in [5, 5.41) is 14.0. The smallest absolute Gasteiger partial charge is 0.211 e. The fourth-order valence-electron chi connectivity index (χ4n) is 3.34. The molecule has 1 aliphatic carbocycles. The van der Waals surface area contributed by atoms with Crippen LogP contribution in [0.5, 0.6) is 0 Å². The van der Waals surface area contributed by atoms with Gasteiger partial charge in [-0.05, 0) is 24.5 Å². The number of benzene rings is 2. The van der Waals surface area contributed by atoms with Gasteiger partial charge >= 0.3 is 0 Å². The summed E-state index contributed by atoms with van der Waals surface area (Å²) >= 11 is 0. The van der Waals surface area contributed by atoms with Crippen molar-refractivity contribution in [1.29, 1.82) is 0 Å². The van der Waals surface area contributed by atoms with Crippen molar-refractivity contribution in [3.8, 4) is 11.3 Å². The standard InChI is InChI=1S/C20H20N2O2/c1-13(20-21-12-18(24-20)14-7-3-2-4-8-14)22-17-11-15-9-5-6-10-16(15)19(17)23/h2-10,12-13,17,19,22-23H,11H2,1H3/t13-,17+,19+/m0/s1. The second-order valence-corrected chi connectivity index (χ2v) is 6.27. The number of aromatic nitrogens is 1. The molecule has 0 unspecified atom stereocenters. The summed E-state index contributed by atoms with van der Waals surface area (Å²) in [6, 6.07) is 17.9. The van der Waals surface area contributed by atoms with Gasteiger partial charge in [-0.25, -0.2) is 4.98 Å². The number of rotatable bonds is 4. The predicted octanol–water partition coefficient (Wildman–Crippen LogP) is 3.65. The Morgan fingerprint density at radius 2 is 1.88 bits per heavy atom. The number of nitrogens with zero attached hydrogens (tertiary/aromatic N) is 1. The van der Waals surface area contributed by atoms with Crippen molar-refractivity contribution >= 4 is 0 Å². The highest BCUT2D eigenvalue weighted by atomic mass is 16.4. The minimum absolute atomic E-state index is 0.0236. The molecule has 2 aromatic carbocycles. The van der Waals surface area contributed by atoms with E-state index < -0.39 is 6.10 Å². The molecule has 24 heavy (non-hydrogen) atoms. The maximum atomic E-state index is 10.5. The molecule has 0 saturated heterocycles. The van der Waals surface area contributed by atoms with Crippen molar-refractivity contribution in [2.75, 3.05) is 0 Å². The van der Waals surface area contributed by atoms with Gasteiger partial charge in [0, 0.05) is 11.6 Å². The molecular formula is C20H20N2O2. The van der Waals surface area contributed by atoms with Crippen LogP contribution in [0.3, 0.4) is 0 Å². The number of hydrogen-bond acceptors (Lipinski definition) is 4. The van der Waals surface area contributed by atoms with Gasteiger partial charge in [-0.1, -0.05) is 54.6 Å². The first-order chi connectivity index (χ1) is 11.7. The van der Waals surface area contributed by atoms with Crippen LogP contribution in [0.25, 0.3) is 11.3 Å². The number of aliphatic hydroxyl groups excluding tert-OH is 1. The molecule has 4 rings (SSSR count). The quantitative estimate of drug-likeness (QED) is 0.770. The first kappa shape index (κ1) is 15.1. The summed E-state index contributed by atoms with van der Waals surface area (Å²) in [5.74, 6) is 1.39. The van der Waals surface area contributed by atoms with Gasteiger partial charge in [0.1, 0.15) is 0 Å². The first-order valence-corrected chi connectivity index (χ1v) is 8.25. The molecule has 4 heteroatoms. The third-order valence-electron chi connectivity index (χ3n) is 4.61. The fourth-order valence-corrected chi connectivity index (χ4v) is 3.34. The lowest BCUT2D eigenvalue weighted by Crippen LogP contribution is -2.35. The Balaban J connectivity index is 1.48. The summed E-state index contributed by atoms with van der Waals surface area (Å²) in [7, 11) is 0. The van der Waals surface area contributed by atoms with Crippen LogP contribution in [0.15, 0.2) is 65.2 Å². The highest BCUT2D eigenvalue weighted by Gasteiger charge is 2.32. The molecule has 0 spiro atoms. The lowest BCUT2D eigenvalue weighted by molar-refractivity contribution is 0.133.